The minimum Gasteiger partial charge on any atom is -0.506 e. The highest BCUT2D eigenvalue weighted by Crippen LogP contribution is 2.32. The van der Waals surface area contributed by atoms with Crippen LogP contribution in [0.3, 0.4) is 0 Å². The van der Waals surface area contributed by atoms with Crippen molar-refractivity contribution < 1.29 is 24.5 Å². The molecule has 2 bridgehead atoms. The number of nitrogens with zero attached hydrogens (tertiary/aromatic N) is 1. The number of aliphatic hydroxyl groups is 1. The number of aliphatic hydroxyl groups excluding tert-OH is 1. The molecular weight excluding hydrogens is 656 g/mol. The predicted molar refractivity (Wildman–Crippen MR) is 204 cm³/mol. The number of aromatic hydroxyl groups is 1. The maximum atomic E-state index is 13.2. The van der Waals surface area contributed by atoms with Crippen LogP contribution in [0.25, 0.3) is 10.9 Å². The van der Waals surface area contributed by atoms with Gasteiger partial charge in [-0.3, -0.25) is 9.69 Å². The largest absolute Gasteiger partial charge is 0.506 e. The minimum absolute atomic E-state index is 0.00880. The third-order valence-corrected chi connectivity index (χ3v) is 10.7. The summed E-state index contributed by atoms with van der Waals surface area (Å²) in [5.74, 6) is 1.29. The highest BCUT2D eigenvalue weighted by atomic mass is 16.6. The number of hydrogen-bond acceptors (Lipinski definition) is 8. The molecule has 3 atom stereocenters. The molecule has 1 unspecified atom stereocenters. The van der Waals surface area contributed by atoms with Crippen LogP contribution < -0.4 is 20.9 Å². The molecule has 0 spiro atoms. The fraction of sp³-hybridized carbons (Fsp3) is 0.476. The van der Waals surface area contributed by atoms with Crippen molar-refractivity contribution in [2.45, 2.75) is 83.0 Å². The van der Waals surface area contributed by atoms with E-state index in [4.69, 9.17) is 9.47 Å². The Hall–Kier alpha value is -4.38. The lowest BCUT2D eigenvalue weighted by Gasteiger charge is -2.43. The first kappa shape index (κ1) is 37.4. The number of aromatic nitrogens is 1. The van der Waals surface area contributed by atoms with Gasteiger partial charge >= 0.3 is 6.09 Å². The number of benzene rings is 3. The van der Waals surface area contributed by atoms with Crippen molar-refractivity contribution in [3.63, 3.8) is 0 Å². The number of aromatic amines is 1. The van der Waals surface area contributed by atoms with E-state index in [9.17, 15) is 19.8 Å². The monoisotopic (exact) mass is 710 g/mol. The van der Waals surface area contributed by atoms with Crippen molar-refractivity contribution in [1.82, 2.24) is 20.5 Å². The Morgan fingerprint density at radius 1 is 0.923 bits per heavy atom. The molecule has 0 aliphatic carbocycles. The number of piperidine rings is 3. The van der Waals surface area contributed by atoms with E-state index >= 15 is 0 Å². The number of phenolic OH excluding ortho intramolecular Hbond substituents is 1. The molecule has 52 heavy (non-hydrogen) atoms. The van der Waals surface area contributed by atoms with Gasteiger partial charge in [-0.05, 0) is 98.6 Å². The molecule has 3 saturated heterocycles. The number of H-pyrrole nitrogens is 1. The Labute approximate surface area is 306 Å². The number of ether oxygens (including phenoxy) is 2. The smallest absolute Gasteiger partial charge is 0.408 e. The highest BCUT2D eigenvalue weighted by Gasteiger charge is 2.37. The number of unbranched alkanes of at least 4 members (excludes halogenated alkanes) is 6. The number of carbonyl (C=O) groups excluding carboxylic acids is 1. The van der Waals surface area contributed by atoms with Crippen LogP contribution in [0.15, 0.2) is 77.6 Å². The third kappa shape index (κ3) is 9.93. The molecule has 7 rings (SSSR count). The van der Waals surface area contributed by atoms with Crippen LogP contribution in [0.2, 0.25) is 0 Å². The topological polar surface area (TPSA) is 136 Å². The fourth-order valence-electron chi connectivity index (χ4n) is 7.61. The number of carbonyl (C=O) groups is 1. The minimum atomic E-state index is -0.743. The van der Waals surface area contributed by atoms with E-state index in [1.165, 1.54) is 18.6 Å². The summed E-state index contributed by atoms with van der Waals surface area (Å²) >= 11 is 0. The maximum absolute atomic E-state index is 13.2. The molecule has 3 aliphatic heterocycles. The molecule has 10 nitrogen and oxygen atoms in total. The summed E-state index contributed by atoms with van der Waals surface area (Å²) in [5.41, 5.74) is 3.76. The van der Waals surface area contributed by atoms with Gasteiger partial charge in [0.1, 0.15) is 17.6 Å². The second-order valence-corrected chi connectivity index (χ2v) is 14.4. The van der Waals surface area contributed by atoms with Crippen molar-refractivity contribution in [3.8, 4) is 11.5 Å². The van der Waals surface area contributed by atoms with Gasteiger partial charge in [0, 0.05) is 24.5 Å². The molecule has 10 heteroatoms. The first-order chi connectivity index (χ1) is 25.4. The van der Waals surface area contributed by atoms with E-state index < -0.39 is 6.10 Å². The summed E-state index contributed by atoms with van der Waals surface area (Å²) in [7, 11) is 0. The first-order valence-electron chi connectivity index (χ1n) is 19.1. The molecule has 3 aliphatic rings. The van der Waals surface area contributed by atoms with Crippen LogP contribution in [0.5, 0.6) is 11.5 Å². The number of pyridine rings is 1. The van der Waals surface area contributed by atoms with Gasteiger partial charge in [-0.2, -0.15) is 0 Å². The Morgan fingerprint density at radius 3 is 2.42 bits per heavy atom. The number of hydrogen-bond donors (Lipinski definition) is 5. The van der Waals surface area contributed by atoms with Crippen molar-refractivity contribution in [1.29, 1.82) is 0 Å². The van der Waals surface area contributed by atoms with Gasteiger partial charge in [0.25, 0.3) is 0 Å². The predicted octanol–water partition coefficient (Wildman–Crippen LogP) is 6.88. The zero-order valence-electron chi connectivity index (χ0n) is 30.3. The average Bonchev–Trinajstić information content (AvgIpc) is 3.16. The average molecular weight is 711 g/mol. The Balaban J connectivity index is 0.879. The molecule has 1 amide bonds. The SMILES string of the molecule is Cc1ccc(C(NC(=O)O[C@H]2CN3CCC2CC3)c2ccccc2)cc1OCCCCCCCCCNC[C@@H](O)c1ccc(O)c2[nH]c(=O)ccc12. The van der Waals surface area contributed by atoms with Gasteiger partial charge in [0.2, 0.25) is 5.56 Å². The molecule has 278 valence electrons. The standard InChI is InChI=1S/C42H54N4O6/c1-29-14-15-32(40(31-12-8-7-9-13-31)45-42(50)52-38-28-46-23-20-30(38)21-24-46)26-37(29)51-25-11-6-4-2-3-5-10-22-43-27-36(48)33-16-18-35(47)41-34(33)17-19-39(49)44-41/h7-9,12-19,26,30,36,38,40,43,47-48H,2-6,10-11,20-25,27-28H2,1H3,(H,44,49)(H,45,50)/t36-,38+,40?/m1/s1. The van der Waals surface area contributed by atoms with Crippen LogP contribution in [0.1, 0.15) is 92.2 Å². The number of aryl methyl sites for hydroxylation is 1. The van der Waals surface area contributed by atoms with Crippen LogP contribution in [-0.4, -0.2) is 71.6 Å². The van der Waals surface area contributed by atoms with E-state index in [0.29, 0.717) is 35.5 Å². The number of fused-ring (bicyclic) bond motifs is 4. The summed E-state index contributed by atoms with van der Waals surface area (Å²) in [6.45, 7) is 6.96. The van der Waals surface area contributed by atoms with Crippen LogP contribution >= 0.6 is 0 Å². The zero-order chi connectivity index (χ0) is 36.3. The van der Waals surface area contributed by atoms with Crippen molar-refractivity contribution in [2.24, 2.45) is 5.92 Å². The van der Waals surface area contributed by atoms with Gasteiger partial charge in [-0.25, -0.2) is 4.79 Å². The lowest BCUT2D eigenvalue weighted by molar-refractivity contribution is -0.0336. The molecule has 3 aromatic carbocycles. The number of alkyl carbamates (subject to hydrolysis) is 1. The maximum Gasteiger partial charge on any atom is 0.408 e. The Bertz CT molecular complexity index is 1810. The van der Waals surface area contributed by atoms with Crippen LogP contribution in [0.4, 0.5) is 4.79 Å². The quantitative estimate of drug-likeness (QED) is 0.0706. The Morgan fingerprint density at radius 2 is 1.67 bits per heavy atom. The molecule has 4 heterocycles. The number of amides is 1. The molecular formula is C42H54N4O6. The fourth-order valence-corrected chi connectivity index (χ4v) is 7.61. The van der Waals surface area contributed by atoms with Crippen molar-refractivity contribution in [2.75, 3.05) is 39.3 Å². The van der Waals surface area contributed by atoms with E-state index in [1.54, 1.807) is 12.1 Å². The van der Waals surface area contributed by atoms with Crippen molar-refractivity contribution >= 4 is 17.0 Å². The summed E-state index contributed by atoms with van der Waals surface area (Å²) in [4.78, 5) is 29.9. The normalized spacial score (nSPS) is 19.3. The third-order valence-electron chi connectivity index (χ3n) is 10.7. The zero-order valence-corrected chi connectivity index (χ0v) is 30.3. The number of rotatable bonds is 18. The molecule has 3 fully saturated rings. The van der Waals surface area contributed by atoms with Gasteiger partial charge in [0.15, 0.2) is 0 Å². The second-order valence-electron chi connectivity index (χ2n) is 14.4. The van der Waals surface area contributed by atoms with E-state index in [0.717, 1.165) is 100.0 Å². The lowest BCUT2D eigenvalue weighted by atomic mass is 9.86. The van der Waals surface area contributed by atoms with Gasteiger partial charge in [-0.1, -0.05) is 80.6 Å². The molecule has 0 saturated carbocycles. The van der Waals surface area contributed by atoms with Crippen LogP contribution in [-0.2, 0) is 4.74 Å². The molecule has 0 radical (unpaired) electrons. The van der Waals surface area contributed by atoms with Gasteiger partial charge < -0.3 is 35.3 Å². The summed E-state index contributed by atoms with van der Waals surface area (Å²) in [5, 5.41) is 27.9. The molecule has 5 N–H and O–H groups in total. The second kappa shape index (κ2) is 18.4. The Kier molecular flexibility index (Phi) is 13.2. The lowest BCUT2D eigenvalue weighted by Crippen LogP contribution is -2.52. The van der Waals surface area contributed by atoms with Crippen molar-refractivity contribution in [3.05, 3.63) is 105 Å². The summed E-state index contributed by atoms with van der Waals surface area (Å²) < 4.78 is 12.3. The van der Waals surface area contributed by atoms with E-state index in [-0.39, 0.29) is 29.5 Å². The van der Waals surface area contributed by atoms with E-state index in [2.05, 4.69) is 45.6 Å². The van der Waals surface area contributed by atoms with Gasteiger partial charge in [-0.15, -0.1) is 0 Å². The van der Waals surface area contributed by atoms with E-state index in [1.807, 2.05) is 30.3 Å². The molecule has 1 aromatic heterocycles. The number of phenols is 1. The van der Waals surface area contributed by atoms with Crippen LogP contribution in [0, 0.1) is 12.8 Å². The number of nitrogens with one attached hydrogen (secondary N) is 3. The first-order valence-corrected chi connectivity index (χ1v) is 19.1. The summed E-state index contributed by atoms with van der Waals surface area (Å²) in [6, 6.07) is 22.1. The van der Waals surface area contributed by atoms with Gasteiger partial charge in [0.05, 0.1) is 24.3 Å². The molecule has 4 aromatic rings. The summed E-state index contributed by atoms with van der Waals surface area (Å²) in [6.07, 6.45) is 8.78. The highest BCUT2D eigenvalue weighted by molar-refractivity contribution is 5.87.